The highest BCUT2D eigenvalue weighted by Gasteiger charge is 2.57. The number of ether oxygens (including phenoxy) is 1. The van der Waals surface area contributed by atoms with Gasteiger partial charge in [0.05, 0.1) is 18.9 Å². The van der Waals surface area contributed by atoms with Gasteiger partial charge in [-0.05, 0) is 79.4 Å². The van der Waals surface area contributed by atoms with Gasteiger partial charge in [-0.2, -0.15) is 0 Å². The molecule has 0 bridgehead atoms. The molecule has 1 N–H and O–H groups in total. The highest BCUT2D eigenvalue weighted by atomic mass is 19.1. The van der Waals surface area contributed by atoms with E-state index in [0.29, 0.717) is 56.4 Å². The quantitative estimate of drug-likeness (QED) is 0.574. The molecule has 31 heavy (non-hydrogen) atoms. The number of hydrogen-bond acceptors (Lipinski definition) is 4. The van der Waals surface area contributed by atoms with Crippen LogP contribution < -0.4 is 0 Å². The molecule has 0 radical (unpaired) electrons. The summed E-state index contributed by atoms with van der Waals surface area (Å²) in [4.78, 5) is 14.7. The third-order valence-corrected chi connectivity index (χ3v) is 8.81. The monoisotopic (exact) mass is 428 g/mol. The minimum Gasteiger partial charge on any atom is -0.411 e. The molecule has 3 unspecified atom stereocenters. The van der Waals surface area contributed by atoms with Crippen molar-refractivity contribution in [1.29, 1.82) is 0 Å². The van der Waals surface area contributed by atoms with Crippen LogP contribution in [0.15, 0.2) is 23.4 Å². The van der Waals surface area contributed by atoms with E-state index in [1.807, 2.05) is 11.0 Å². The lowest BCUT2D eigenvalue weighted by Gasteiger charge is -2.50. The summed E-state index contributed by atoms with van der Waals surface area (Å²) in [7, 11) is 0. The second-order valence-electron chi connectivity index (χ2n) is 10.1. The first-order valence-electron chi connectivity index (χ1n) is 11.9. The maximum absolute atomic E-state index is 14.5. The Morgan fingerprint density at radius 1 is 1.32 bits per heavy atom. The van der Waals surface area contributed by atoms with Gasteiger partial charge in [0, 0.05) is 24.9 Å². The fourth-order valence-electron chi connectivity index (χ4n) is 7.35. The highest BCUT2D eigenvalue weighted by Crippen LogP contribution is 2.62. The van der Waals surface area contributed by atoms with E-state index in [1.54, 1.807) is 6.07 Å². The lowest BCUT2D eigenvalue weighted by Crippen LogP contribution is -2.44. The molecular weight excluding hydrogens is 395 g/mol. The van der Waals surface area contributed by atoms with Gasteiger partial charge in [-0.3, -0.25) is 4.79 Å². The van der Waals surface area contributed by atoms with Gasteiger partial charge < -0.3 is 14.8 Å². The van der Waals surface area contributed by atoms with Gasteiger partial charge in [-0.25, -0.2) is 4.39 Å². The molecule has 3 aliphatic carbocycles. The maximum Gasteiger partial charge on any atom is 0.222 e. The van der Waals surface area contributed by atoms with Gasteiger partial charge in [0.2, 0.25) is 5.91 Å². The molecule has 0 aromatic heterocycles. The summed E-state index contributed by atoms with van der Waals surface area (Å²) in [6.45, 7) is 4.86. The first kappa shape index (κ1) is 20.9. The van der Waals surface area contributed by atoms with E-state index in [-0.39, 0.29) is 17.1 Å². The van der Waals surface area contributed by atoms with Crippen LogP contribution in [0, 0.1) is 29.0 Å². The Kier molecular flexibility index (Phi) is 5.53. The van der Waals surface area contributed by atoms with E-state index in [4.69, 9.17) is 4.74 Å². The van der Waals surface area contributed by atoms with Crippen molar-refractivity contribution in [1.82, 2.24) is 4.90 Å². The lowest BCUT2D eigenvalue weighted by atomic mass is 9.54. The molecule has 168 valence electrons. The summed E-state index contributed by atoms with van der Waals surface area (Å²) < 4.78 is 19.8. The summed E-state index contributed by atoms with van der Waals surface area (Å²) in [5.41, 5.74) is 2.88. The van der Waals surface area contributed by atoms with Crippen LogP contribution in [0.3, 0.4) is 0 Å². The molecule has 6 heteroatoms. The summed E-state index contributed by atoms with van der Waals surface area (Å²) >= 11 is 0. The van der Waals surface area contributed by atoms with E-state index in [1.165, 1.54) is 5.56 Å². The van der Waals surface area contributed by atoms with Crippen molar-refractivity contribution in [3.05, 3.63) is 35.1 Å². The molecule has 5 rings (SSSR count). The van der Waals surface area contributed by atoms with Crippen LogP contribution in [0.4, 0.5) is 4.39 Å². The van der Waals surface area contributed by atoms with Gasteiger partial charge in [0.15, 0.2) is 0 Å². The Labute approximate surface area is 183 Å². The molecule has 2 saturated carbocycles. The van der Waals surface area contributed by atoms with Crippen LogP contribution >= 0.6 is 0 Å². The van der Waals surface area contributed by atoms with Crippen LogP contribution in [0.5, 0.6) is 0 Å². The zero-order valence-corrected chi connectivity index (χ0v) is 18.4. The number of carbonyl (C=O) groups is 1. The van der Waals surface area contributed by atoms with Crippen LogP contribution in [0.25, 0.3) is 0 Å². The van der Waals surface area contributed by atoms with Crippen LogP contribution in [-0.2, 0) is 16.0 Å². The van der Waals surface area contributed by atoms with Gasteiger partial charge in [-0.1, -0.05) is 24.2 Å². The third-order valence-electron chi connectivity index (χ3n) is 8.81. The SMILES string of the molecule is C[C@]12CCC3c4cccc(F)c4CCC3C1[C@H](CCC(=O)N1CCOCC1)C/C2=N\O. The fraction of sp³-hybridized carbons (Fsp3) is 0.680. The number of morpholine rings is 1. The van der Waals surface area contributed by atoms with Gasteiger partial charge in [0.25, 0.3) is 0 Å². The molecular formula is C25H33FN2O3. The number of rotatable bonds is 3. The molecule has 5 nitrogen and oxygen atoms in total. The number of amides is 1. The predicted molar refractivity (Wildman–Crippen MR) is 116 cm³/mol. The summed E-state index contributed by atoms with van der Waals surface area (Å²) in [5, 5.41) is 13.6. The van der Waals surface area contributed by atoms with Crippen molar-refractivity contribution in [2.24, 2.45) is 28.3 Å². The first-order valence-corrected chi connectivity index (χ1v) is 11.9. The van der Waals surface area contributed by atoms with E-state index in [2.05, 4.69) is 18.1 Å². The number of carbonyl (C=O) groups excluding carboxylic acids is 1. The molecule has 3 fully saturated rings. The molecule has 1 aromatic carbocycles. The van der Waals surface area contributed by atoms with Crippen molar-refractivity contribution in [2.75, 3.05) is 26.3 Å². The van der Waals surface area contributed by atoms with Crippen LogP contribution in [0.1, 0.15) is 62.5 Å². The van der Waals surface area contributed by atoms with E-state index in [9.17, 15) is 14.4 Å². The van der Waals surface area contributed by atoms with Crippen molar-refractivity contribution in [3.63, 3.8) is 0 Å². The Bertz CT molecular complexity index is 882. The average Bonchev–Trinajstić information content (AvgIpc) is 3.09. The van der Waals surface area contributed by atoms with E-state index in [0.717, 1.165) is 49.8 Å². The molecule has 1 saturated heterocycles. The highest BCUT2D eigenvalue weighted by molar-refractivity contribution is 5.92. The molecule has 4 aliphatic rings. The van der Waals surface area contributed by atoms with Crippen LogP contribution in [-0.4, -0.2) is 48.0 Å². The van der Waals surface area contributed by atoms with Crippen LogP contribution in [0.2, 0.25) is 0 Å². The Hall–Kier alpha value is -1.95. The summed E-state index contributed by atoms with van der Waals surface area (Å²) in [6, 6.07) is 5.54. The minimum absolute atomic E-state index is 0.0685. The molecule has 1 aromatic rings. The summed E-state index contributed by atoms with van der Waals surface area (Å²) in [5.74, 6) is 1.68. The minimum atomic E-state index is -0.118. The van der Waals surface area contributed by atoms with Crippen molar-refractivity contribution < 1.29 is 19.1 Å². The van der Waals surface area contributed by atoms with Gasteiger partial charge >= 0.3 is 0 Å². The van der Waals surface area contributed by atoms with E-state index >= 15 is 0 Å². The standard InChI is InChI=1S/C25H33FN2O3/c1-25-10-9-18-17-3-2-4-21(26)19(17)6-7-20(18)24(25)16(15-22(25)27-30)5-8-23(29)28-11-13-31-14-12-28/h2-4,16,18,20,24,30H,5-15H2,1H3/b27-22+/t16-,18?,20?,24?,25-/m1/s1. The number of benzene rings is 1. The summed E-state index contributed by atoms with van der Waals surface area (Å²) in [6.07, 6.45) is 5.86. The zero-order valence-electron chi connectivity index (χ0n) is 18.4. The zero-order chi connectivity index (χ0) is 21.6. The van der Waals surface area contributed by atoms with Gasteiger partial charge in [-0.15, -0.1) is 0 Å². The topological polar surface area (TPSA) is 62.1 Å². The Morgan fingerprint density at radius 2 is 2.13 bits per heavy atom. The predicted octanol–water partition coefficient (Wildman–Crippen LogP) is 4.38. The second kappa shape index (κ2) is 8.19. The number of oxime groups is 1. The normalized spacial score (nSPS) is 36.1. The molecule has 5 atom stereocenters. The lowest BCUT2D eigenvalue weighted by molar-refractivity contribution is -0.135. The molecule has 1 amide bonds. The Balaban J connectivity index is 1.38. The second-order valence-corrected chi connectivity index (χ2v) is 10.1. The fourth-order valence-corrected chi connectivity index (χ4v) is 7.35. The molecule has 1 aliphatic heterocycles. The number of halogens is 1. The molecule has 1 heterocycles. The first-order chi connectivity index (χ1) is 15.0. The Morgan fingerprint density at radius 3 is 2.90 bits per heavy atom. The number of nitrogens with zero attached hydrogens (tertiary/aromatic N) is 2. The number of hydrogen-bond donors (Lipinski definition) is 1. The smallest absolute Gasteiger partial charge is 0.222 e. The number of fused-ring (bicyclic) bond motifs is 5. The van der Waals surface area contributed by atoms with Crippen molar-refractivity contribution >= 4 is 11.6 Å². The molecule has 0 spiro atoms. The average molecular weight is 429 g/mol. The largest absolute Gasteiger partial charge is 0.411 e. The van der Waals surface area contributed by atoms with E-state index < -0.39 is 0 Å². The van der Waals surface area contributed by atoms with Crippen molar-refractivity contribution in [2.45, 2.75) is 57.8 Å². The third kappa shape index (κ3) is 3.47. The maximum atomic E-state index is 14.5. The van der Waals surface area contributed by atoms with Crippen molar-refractivity contribution in [3.8, 4) is 0 Å². The van der Waals surface area contributed by atoms with Gasteiger partial charge in [0.1, 0.15) is 5.82 Å².